The van der Waals surface area contributed by atoms with Gasteiger partial charge < -0.3 is 9.72 Å². The number of hydrogen-bond acceptors (Lipinski definition) is 4. The lowest BCUT2D eigenvalue weighted by atomic mass is 10.1. The van der Waals surface area contributed by atoms with Crippen LogP contribution in [0.1, 0.15) is 16.2 Å². The van der Waals surface area contributed by atoms with Crippen LogP contribution in [0.5, 0.6) is 5.75 Å². The number of ether oxygens (including phenoxy) is 1. The number of aromatic nitrogens is 2. The van der Waals surface area contributed by atoms with E-state index in [0.717, 1.165) is 0 Å². The maximum atomic E-state index is 11.7. The second-order valence-corrected chi connectivity index (χ2v) is 3.73. The molecule has 80 valence electrons. The Hall–Kier alpha value is -2.17. The number of hydrogen-bond donors (Lipinski definition) is 1. The summed E-state index contributed by atoms with van der Waals surface area (Å²) in [5.74, 6) is 0.952. The zero-order valence-electron chi connectivity index (χ0n) is 8.53. The number of aryl methyl sites for hydroxylation is 1. The van der Waals surface area contributed by atoms with E-state index in [0.29, 0.717) is 28.0 Å². The minimum absolute atomic E-state index is 0.0442. The quantitative estimate of drug-likeness (QED) is 0.707. The van der Waals surface area contributed by atoms with Gasteiger partial charge in [0.1, 0.15) is 11.6 Å². The molecule has 0 aliphatic carbocycles. The molecule has 1 aliphatic rings. The Morgan fingerprint density at radius 2 is 2.19 bits per heavy atom. The molecule has 0 amide bonds. The molecule has 1 aliphatic heterocycles. The first-order valence-electron chi connectivity index (χ1n) is 4.86. The van der Waals surface area contributed by atoms with E-state index in [4.69, 9.17) is 4.74 Å². The summed E-state index contributed by atoms with van der Waals surface area (Å²) in [4.78, 5) is 29.9. The number of H-pyrrole nitrogens is 1. The van der Waals surface area contributed by atoms with E-state index in [2.05, 4.69) is 9.97 Å². The highest BCUT2D eigenvalue weighted by atomic mass is 16.5. The third kappa shape index (κ3) is 1.14. The van der Waals surface area contributed by atoms with Gasteiger partial charge in [0, 0.05) is 6.07 Å². The smallest absolute Gasteiger partial charge is 0.258 e. The number of rotatable bonds is 0. The molecule has 0 saturated heterocycles. The number of Topliss-reactive ketones (excluding diaryl/α,β-unsaturated/α-hetero) is 1. The fourth-order valence-corrected chi connectivity index (χ4v) is 1.84. The Labute approximate surface area is 90.1 Å². The third-order valence-corrected chi connectivity index (χ3v) is 2.58. The summed E-state index contributed by atoms with van der Waals surface area (Å²) in [5.41, 5.74) is 0.781. The summed E-state index contributed by atoms with van der Waals surface area (Å²) in [5, 5.41) is 0.420. The van der Waals surface area contributed by atoms with Crippen LogP contribution in [0.3, 0.4) is 0 Å². The molecule has 1 aromatic carbocycles. The summed E-state index contributed by atoms with van der Waals surface area (Å²) in [6.45, 7) is 1.75. The maximum Gasteiger partial charge on any atom is 0.258 e. The van der Waals surface area contributed by atoms with Gasteiger partial charge in [-0.15, -0.1) is 0 Å². The minimum Gasteiger partial charge on any atom is -0.485 e. The highest BCUT2D eigenvalue weighted by Crippen LogP contribution is 2.28. The number of nitrogens with zero attached hydrogens (tertiary/aromatic N) is 1. The van der Waals surface area contributed by atoms with Crippen molar-refractivity contribution in [2.75, 3.05) is 6.61 Å². The van der Waals surface area contributed by atoms with Crippen molar-refractivity contribution in [1.29, 1.82) is 0 Å². The van der Waals surface area contributed by atoms with Gasteiger partial charge in [0.25, 0.3) is 5.56 Å². The minimum atomic E-state index is -0.231. The van der Waals surface area contributed by atoms with Gasteiger partial charge in [-0.05, 0) is 13.0 Å². The van der Waals surface area contributed by atoms with Gasteiger partial charge in [0.05, 0.1) is 16.5 Å². The molecule has 2 aromatic rings. The zero-order chi connectivity index (χ0) is 11.3. The van der Waals surface area contributed by atoms with Crippen molar-refractivity contribution in [2.45, 2.75) is 6.92 Å². The molecule has 0 atom stereocenters. The van der Waals surface area contributed by atoms with Crippen molar-refractivity contribution in [2.24, 2.45) is 0 Å². The normalized spacial score (nSPS) is 13.9. The van der Waals surface area contributed by atoms with Crippen LogP contribution in [0.2, 0.25) is 0 Å². The molecule has 0 saturated carbocycles. The average Bonchev–Trinajstić information content (AvgIpc) is 2.57. The lowest BCUT2D eigenvalue weighted by Gasteiger charge is -2.01. The van der Waals surface area contributed by atoms with E-state index < -0.39 is 0 Å². The van der Waals surface area contributed by atoms with Crippen molar-refractivity contribution in [1.82, 2.24) is 9.97 Å². The number of aromatic amines is 1. The van der Waals surface area contributed by atoms with E-state index in [9.17, 15) is 9.59 Å². The Bertz CT molecular complexity index is 673. The molecule has 1 N–H and O–H groups in total. The van der Waals surface area contributed by atoms with Crippen LogP contribution >= 0.6 is 0 Å². The molecule has 0 radical (unpaired) electrons. The van der Waals surface area contributed by atoms with E-state index in [1.807, 2.05) is 0 Å². The fourth-order valence-electron chi connectivity index (χ4n) is 1.84. The topological polar surface area (TPSA) is 72.0 Å². The molecule has 0 fully saturated rings. The fraction of sp³-hybridized carbons (Fsp3) is 0.182. The summed E-state index contributed by atoms with van der Waals surface area (Å²) in [7, 11) is 0. The van der Waals surface area contributed by atoms with Gasteiger partial charge in [-0.2, -0.15) is 0 Å². The second-order valence-electron chi connectivity index (χ2n) is 3.73. The highest BCUT2D eigenvalue weighted by Gasteiger charge is 2.22. The van der Waals surface area contributed by atoms with Crippen LogP contribution < -0.4 is 10.3 Å². The highest BCUT2D eigenvalue weighted by molar-refractivity contribution is 6.05. The second kappa shape index (κ2) is 2.91. The number of nitrogens with one attached hydrogen (secondary N) is 1. The molecule has 5 heteroatoms. The lowest BCUT2D eigenvalue weighted by Crippen LogP contribution is -2.10. The maximum absolute atomic E-state index is 11.7. The van der Waals surface area contributed by atoms with Crippen molar-refractivity contribution < 1.29 is 9.53 Å². The van der Waals surface area contributed by atoms with Crippen LogP contribution in [0.4, 0.5) is 0 Å². The predicted octanol–water partition coefficient (Wildman–Crippen LogP) is 0.807. The van der Waals surface area contributed by atoms with E-state index in [1.165, 1.54) is 0 Å². The molecule has 0 spiro atoms. The monoisotopic (exact) mass is 216 g/mol. The first-order chi connectivity index (χ1) is 7.65. The number of fused-ring (bicyclic) bond motifs is 2. The lowest BCUT2D eigenvalue weighted by molar-refractivity contribution is 0.0961. The molecule has 2 heterocycles. The molecule has 0 unspecified atom stereocenters. The van der Waals surface area contributed by atoms with Gasteiger partial charge in [0.2, 0.25) is 5.78 Å². The standard InChI is InChI=1S/C11H8N2O3/c1-5-12-8-3-10-7(9(14)4-16-10)2-6(8)11(15)13-5/h2-3H,4H2,1H3,(H,12,13,15). The van der Waals surface area contributed by atoms with Gasteiger partial charge in [-0.3, -0.25) is 9.59 Å². The molecule has 5 nitrogen and oxygen atoms in total. The van der Waals surface area contributed by atoms with E-state index in [-0.39, 0.29) is 17.9 Å². The number of benzene rings is 1. The number of carbonyl (C=O) groups is 1. The van der Waals surface area contributed by atoms with Crippen molar-refractivity contribution >= 4 is 16.7 Å². The Balaban J connectivity index is 2.44. The first-order valence-corrected chi connectivity index (χ1v) is 4.86. The summed E-state index contributed by atoms with van der Waals surface area (Å²) in [6, 6.07) is 3.18. The summed E-state index contributed by atoms with van der Waals surface area (Å²) < 4.78 is 5.20. The number of ketones is 1. The zero-order valence-corrected chi connectivity index (χ0v) is 8.53. The number of carbonyl (C=O) groups excluding carboxylic acids is 1. The first kappa shape index (κ1) is 9.08. The van der Waals surface area contributed by atoms with Crippen molar-refractivity contribution in [3.63, 3.8) is 0 Å². The third-order valence-electron chi connectivity index (χ3n) is 2.58. The van der Waals surface area contributed by atoms with E-state index in [1.54, 1.807) is 19.1 Å². The average molecular weight is 216 g/mol. The SMILES string of the molecule is Cc1nc2cc3c(cc2c(=O)[nH]1)C(=O)CO3. The van der Waals surface area contributed by atoms with Gasteiger partial charge in [0.15, 0.2) is 6.61 Å². The van der Waals surface area contributed by atoms with Crippen LogP contribution in [-0.2, 0) is 0 Å². The van der Waals surface area contributed by atoms with Gasteiger partial charge in [-0.25, -0.2) is 4.98 Å². The molecular formula is C11H8N2O3. The Morgan fingerprint density at radius 3 is 3.00 bits per heavy atom. The van der Waals surface area contributed by atoms with Crippen LogP contribution in [0.25, 0.3) is 10.9 Å². The van der Waals surface area contributed by atoms with Crippen LogP contribution in [0, 0.1) is 6.92 Å². The summed E-state index contributed by atoms with van der Waals surface area (Å²) >= 11 is 0. The molecule has 1 aromatic heterocycles. The van der Waals surface area contributed by atoms with Crippen LogP contribution in [0.15, 0.2) is 16.9 Å². The van der Waals surface area contributed by atoms with Crippen molar-refractivity contribution in [3.05, 3.63) is 33.9 Å². The molecular weight excluding hydrogens is 208 g/mol. The molecule has 0 bridgehead atoms. The van der Waals surface area contributed by atoms with Gasteiger partial charge >= 0.3 is 0 Å². The predicted molar refractivity (Wildman–Crippen MR) is 56.9 cm³/mol. The molecule has 3 rings (SSSR count). The van der Waals surface area contributed by atoms with Crippen LogP contribution in [-0.4, -0.2) is 22.4 Å². The van der Waals surface area contributed by atoms with E-state index >= 15 is 0 Å². The Morgan fingerprint density at radius 1 is 1.38 bits per heavy atom. The summed E-state index contributed by atoms with van der Waals surface area (Å²) in [6.07, 6.45) is 0. The van der Waals surface area contributed by atoms with Gasteiger partial charge in [-0.1, -0.05) is 0 Å². The Kier molecular flexibility index (Phi) is 1.65. The van der Waals surface area contributed by atoms with Crippen molar-refractivity contribution in [3.8, 4) is 5.75 Å². The largest absolute Gasteiger partial charge is 0.485 e. The molecule has 16 heavy (non-hydrogen) atoms.